The van der Waals surface area contributed by atoms with Gasteiger partial charge >= 0.3 is 5.97 Å². The van der Waals surface area contributed by atoms with Crippen LogP contribution in [0, 0.1) is 12.8 Å². The van der Waals surface area contributed by atoms with Gasteiger partial charge in [0.2, 0.25) is 5.89 Å². The molecule has 5 N–H and O–H groups in total. The van der Waals surface area contributed by atoms with Gasteiger partial charge in [0.25, 0.3) is 0 Å². The highest BCUT2D eigenvalue weighted by Crippen LogP contribution is 2.42. The maximum atomic E-state index is 11.9. The fourth-order valence-corrected chi connectivity index (χ4v) is 6.51. The summed E-state index contributed by atoms with van der Waals surface area (Å²) in [6.45, 7) is 4.00. The molecular formula is C30H32N10O3. The number of carbonyl (C=O) groups is 1. The first-order valence-electron chi connectivity index (χ1n) is 14.2. The van der Waals surface area contributed by atoms with Gasteiger partial charge in [0.1, 0.15) is 22.9 Å². The Morgan fingerprint density at radius 2 is 1.93 bits per heavy atom. The van der Waals surface area contributed by atoms with Crippen LogP contribution in [0.25, 0.3) is 28.5 Å². The fourth-order valence-electron chi connectivity index (χ4n) is 6.51. The van der Waals surface area contributed by atoms with Crippen molar-refractivity contribution in [2.45, 2.75) is 38.4 Å². The molecule has 0 spiro atoms. The SMILES string of the molecule is Cc1cnc2ccc(-c3nc(C(=O)O)c(N)nc3-c3ncc(C4C5CC[C@@H](CN4C)N(c4cccc(CN)n4)C5)o3)cn12. The molecule has 0 amide bonds. The Hall–Kier alpha value is -4.88. The molecule has 220 valence electrons. The second-order valence-electron chi connectivity index (χ2n) is 11.3. The number of hydrogen-bond acceptors (Lipinski definition) is 11. The molecule has 8 rings (SSSR count). The number of fused-ring (bicyclic) bond motifs is 5. The smallest absolute Gasteiger partial charge is 0.358 e. The average Bonchev–Trinajstić information content (AvgIpc) is 3.57. The Bertz CT molecular complexity index is 1850. The van der Waals surface area contributed by atoms with E-state index in [0.717, 1.165) is 48.8 Å². The number of aryl methyl sites for hydroxylation is 1. The average molecular weight is 581 g/mol. The monoisotopic (exact) mass is 580 g/mol. The molecule has 43 heavy (non-hydrogen) atoms. The van der Waals surface area contributed by atoms with Crippen molar-refractivity contribution in [3.8, 4) is 22.8 Å². The number of aromatic nitrogens is 6. The third-order valence-electron chi connectivity index (χ3n) is 8.57. The number of rotatable bonds is 6. The van der Waals surface area contributed by atoms with E-state index in [1.807, 2.05) is 41.8 Å². The molecule has 3 fully saturated rings. The zero-order valence-corrected chi connectivity index (χ0v) is 23.9. The molecule has 0 radical (unpaired) electrons. The number of hydrogen-bond donors (Lipinski definition) is 3. The van der Waals surface area contributed by atoms with Crippen LogP contribution < -0.4 is 16.4 Å². The van der Waals surface area contributed by atoms with E-state index in [4.69, 9.17) is 20.9 Å². The Kier molecular flexibility index (Phi) is 6.55. The summed E-state index contributed by atoms with van der Waals surface area (Å²) in [7, 11) is 2.11. The molecule has 8 heterocycles. The summed E-state index contributed by atoms with van der Waals surface area (Å²) in [6.07, 6.45) is 7.43. The van der Waals surface area contributed by atoms with E-state index in [0.29, 0.717) is 29.6 Å². The molecule has 5 aromatic heterocycles. The number of nitrogens with zero attached hydrogens (tertiary/aromatic N) is 8. The van der Waals surface area contributed by atoms with Crippen molar-refractivity contribution < 1.29 is 14.3 Å². The highest BCUT2D eigenvalue weighted by Gasteiger charge is 2.42. The van der Waals surface area contributed by atoms with Crippen LogP contribution >= 0.6 is 0 Å². The Morgan fingerprint density at radius 3 is 2.74 bits per heavy atom. The van der Waals surface area contributed by atoms with Crippen LogP contribution in [0.1, 0.15) is 46.5 Å². The maximum absolute atomic E-state index is 11.9. The molecule has 0 saturated carbocycles. The second kappa shape index (κ2) is 10.4. The van der Waals surface area contributed by atoms with Crippen molar-refractivity contribution in [2.24, 2.45) is 11.7 Å². The number of carboxylic acid groups (broad SMARTS) is 1. The lowest BCUT2D eigenvalue weighted by molar-refractivity contribution is 0.0691. The first-order valence-corrected chi connectivity index (χ1v) is 14.2. The molecule has 13 heteroatoms. The molecule has 0 aromatic carbocycles. The highest BCUT2D eigenvalue weighted by molar-refractivity contribution is 5.92. The van der Waals surface area contributed by atoms with Gasteiger partial charge in [0.15, 0.2) is 17.2 Å². The van der Waals surface area contributed by atoms with Gasteiger partial charge in [-0.05, 0) is 57.0 Å². The summed E-state index contributed by atoms with van der Waals surface area (Å²) >= 11 is 0. The predicted octanol–water partition coefficient (Wildman–Crippen LogP) is 3.16. The normalized spacial score (nSPS) is 20.5. The number of piperidine rings is 1. The van der Waals surface area contributed by atoms with E-state index in [9.17, 15) is 9.90 Å². The predicted molar refractivity (Wildman–Crippen MR) is 159 cm³/mol. The van der Waals surface area contributed by atoms with E-state index >= 15 is 0 Å². The van der Waals surface area contributed by atoms with Gasteiger partial charge in [-0.3, -0.25) is 4.90 Å². The van der Waals surface area contributed by atoms with Crippen LogP contribution in [0.2, 0.25) is 0 Å². The first kappa shape index (κ1) is 27.0. The van der Waals surface area contributed by atoms with Crippen LogP contribution in [-0.4, -0.2) is 71.5 Å². The second-order valence-corrected chi connectivity index (χ2v) is 11.3. The number of oxazole rings is 1. The van der Waals surface area contributed by atoms with Crippen molar-refractivity contribution in [3.05, 3.63) is 71.8 Å². The standard InChI is InChI=1S/C30H32N10O3/c1-16-11-33-22-9-7-17(13-39(16)22)24-25(37-28(32)26(36-24)30(41)42)29-34-12-21(43-29)27-18-6-8-20(15-38(27)2)40(14-18)23-5-3-4-19(10-31)35-23/h3-5,7,9,11-13,18,20,27H,6,8,10,14-15,31H2,1-2H3,(H2,32,37)(H,41,42)/t18?,20-,27?/m0/s1. The number of aromatic carboxylic acids is 1. The molecular weight excluding hydrogens is 548 g/mol. The minimum absolute atomic E-state index is 0.0223. The van der Waals surface area contributed by atoms with Crippen LogP contribution in [0.3, 0.4) is 0 Å². The molecule has 3 aliphatic heterocycles. The maximum Gasteiger partial charge on any atom is 0.358 e. The summed E-state index contributed by atoms with van der Waals surface area (Å²) in [4.78, 5) is 39.3. The summed E-state index contributed by atoms with van der Waals surface area (Å²) in [6, 6.07) is 9.97. The molecule has 2 unspecified atom stereocenters. The number of carboxylic acids is 1. The Balaban J connectivity index is 1.27. The minimum atomic E-state index is -1.27. The van der Waals surface area contributed by atoms with E-state index in [2.05, 4.69) is 42.8 Å². The highest BCUT2D eigenvalue weighted by atomic mass is 16.4. The van der Waals surface area contributed by atoms with Crippen molar-refractivity contribution in [3.63, 3.8) is 0 Å². The van der Waals surface area contributed by atoms with Crippen LogP contribution in [0.15, 0.2) is 53.3 Å². The molecule has 5 aromatic rings. The number of nitrogen functional groups attached to an aromatic ring is 1. The molecule has 3 saturated heterocycles. The Labute approximate surface area is 247 Å². The number of imidazole rings is 1. The van der Waals surface area contributed by atoms with Crippen molar-refractivity contribution >= 4 is 23.3 Å². The van der Waals surface area contributed by atoms with Crippen LogP contribution in [0.4, 0.5) is 11.6 Å². The van der Waals surface area contributed by atoms with Gasteiger partial charge in [0, 0.05) is 49.3 Å². The van der Waals surface area contributed by atoms with E-state index in [1.54, 1.807) is 12.4 Å². The molecule has 0 aliphatic carbocycles. The van der Waals surface area contributed by atoms with Gasteiger partial charge in [-0.2, -0.15) is 0 Å². The quantitative estimate of drug-likeness (QED) is 0.268. The zero-order chi connectivity index (χ0) is 29.8. The number of nitrogens with two attached hydrogens (primary N) is 2. The van der Waals surface area contributed by atoms with Gasteiger partial charge in [-0.25, -0.2) is 29.7 Å². The lowest BCUT2D eigenvalue weighted by Crippen LogP contribution is -2.44. The largest absolute Gasteiger partial charge is 0.476 e. The first-order chi connectivity index (χ1) is 20.8. The van der Waals surface area contributed by atoms with Crippen molar-refractivity contribution in [1.29, 1.82) is 0 Å². The molecule has 3 atom stereocenters. The van der Waals surface area contributed by atoms with Gasteiger partial charge in [0.05, 0.1) is 17.9 Å². The van der Waals surface area contributed by atoms with Gasteiger partial charge in [-0.15, -0.1) is 0 Å². The lowest BCUT2D eigenvalue weighted by Gasteiger charge is -2.38. The summed E-state index contributed by atoms with van der Waals surface area (Å²) in [5.74, 6) is 0.679. The minimum Gasteiger partial charge on any atom is -0.476 e. The zero-order valence-electron chi connectivity index (χ0n) is 23.9. The van der Waals surface area contributed by atoms with Crippen LogP contribution in [-0.2, 0) is 6.54 Å². The van der Waals surface area contributed by atoms with Crippen molar-refractivity contribution in [1.82, 2.24) is 34.2 Å². The van der Waals surface area contributed by atoms with Gasteiger partial charge in [-0.1, -0.05) is 6.07 Å². The Morgan fingerprint density at radius 1 is 1.07 bits per heavy atom. The van der Waals surface area contributed by atoms with E-state index < -0.39 is 5.97 Å². The van der Waals surface area contributed by atoms with Crippen molar-refractivity contribution in [2.75, 3.05) is 30.8 Å². The summed E-state index contributed by atoms with van der Waals surface area (Å²) in [5.41, 5.74) is 15.4. The number of anilines is 2. The summed E-state index contributed by atoms with van der Waals surface area (Å²) in [5, 5.41) is 9.75. The topological polar surface area (TPSA) is 178 Å². The molecule has 13 nitrogen and oxygen atoms in total. The van der Waals surface area contributed by atoms with E-state index in [1.165, 1.54) is 0 Å². The molecule has 2 bridgehead atoms. The fraction of sp³-hybridized carbons (Fsp3) is 0.333. The lowest BCUT2D eigenvalue weighted by atomic mass is 9.88. The number of pyridine rings is 2. The summed E-state index contributed by atoms with van der Waals surface area (Å²) < 4.78 is 8.35. The third kappa shape index (κ3) is 4.66. The van der Waals surface area contributed by atoms with Gasteiger partial charge < -0.3 is 30.3 Å². The molecule has 3 aliphatic rings. The number of likely N-dealkylation sites (N-methyl/N-ethyl adjacent to an activating group) is 1. The van der Waals surface area contributed by atoms with E-state index in [-0.39, 0.29) is 35.1 Å². The third-order valence-corrected chi connectivity index (χ3v) is 8.57. The van der Waals surface area contributed by atoms with Crippen LogP contribution in [0.5, 0.6) is 0 Å².